The summed E-state index contributed by atoms with van der Waals surface area (Å²) in [4.78, 5) is 0. The summed E-state index contributed by atoms with van der Waals surface area (Å²) in [5.74, 6) is 0.536. The number of ether oxygens (including phenoxy) is 1. The van der Waals surface area contributed by atoms with E-state index in [9.17, 15) is 12.8 Å². The zero-order chi connectivity index (χ0) is 15.9. The molecule has 6 heteroatoms. The van der Waals surface area contributed by atoms with Gasteiger partial charge in [-0.25, -0.2) is 12.8 Å². The monoisotopic (exact) mass is 317 g/mol. The number of halogens is 1. The molecule has 0 amide bonds. The molecule has 0 saturated heterocycles. The molecular formula is C15H24FNO3S. The van der Waals surface area contributed by atoms with Crippen molar-refractivity contribution >= 4 is 9.84 Å². The lowest BCUT2D eigenvalue weighted by Gasteiger charge is -2.10. The Morgan fingerprint density at radius 3 is 2.62 bits per heavy atom. The van der Waals surface area contributed by atoms with Crippen LogP contribution in [-0.4, -0.2) is 33.1 Å². The van der Waals surface area contributed by atoms with E-state index >= 15 is 0 Å². The first-order valence-corrected chi connectivity index (χ1v) is 8.98. The maximum Gasteiger partial charge on any atom is 0.153 e. The Morgan fingerprint density at radius 2 is 2.00 bits per heavy atom. The van der Waals surface area contributed by atoms with Gasteiger partial charge in [0.1, 0.15) is 18.2 Å². The number of nitrogens with one attached hydrogen (secondary N) is 1. The Labute approximate surface area is 126 Å². The highest BCUT2D eigenvalue weighted by molar-refractivity contribution is 7.91. The van der Waals surface area contributed by atoms with E-state index in [4.69, 9.17) is 4.74 Å². The van der Waals surface area contributed by atoms with E-state index in [1.807, 2.05) is 0 Å². The van der Waals surface area contributed by atoms with Crippen molar-refractivity contribution in [3.8, 4) is 5.75 Å². The van der Waals surface area contributed by atoms with E-state index in [1.165, 1.54) is 12.1 Å². The highest BCUT2D eigenvalue weighted by Gasteiger charge is 2.08. The molecule has 0 spiro atoms. The van der Waals surface area contributed by atoms with Crippen molar-refractivity contribution in [2.24, 2.45) is 5.92 Å². The summed E-state index contributed by atoms with van der Waals surface area (Å²) < 4.78 is 41.6. The molecule has 120 valence electrons. The average molecular weight is 317 g/mol. The number of sulfone groups is 1. The largest absolute Gasteiger partial charge is 0.492 e. The maximum atomic E-state index is 13.5. The van der Waals surface area contributed by atoms with Gasteiger partial charge in [-0.15, -0.1) is 0 Å². The molecule has 0 fully saturated rings. The Morgan fingerprint density at radius 1 is 1.29 bits per heavy atom. The molecule has 1 rings (SSSR count). The van der Waals surface area contributed by atoms with Crippen LogP contribution >= 0.6 is 0 Å². The molecule has 0 unspecified atom stereocenters. The molecule has 0 aliphatic rings. The van der Waals surface area contributed by atoms with Crippen molar-refractivity contribution < 1.29 is 17.5 Å². The summed E-state index contributed by atoms with van der Waals surface area (Å²) in [5.41, 5.74) is 0.781. The van der Waals surface area contributed by atoms with Crippen LogP contribution < -0.4 is 10.1 Å². The van der Waals surface area contributed by atoms with Crippen LogP contribution in [0.25, 0.3) is 0 Å². The van der Waals surface area contributed by atoms with Gasteiger partial charge < -0.3 is 10.1 Å². The van der Waals surface area contributed by atoms with E-state index in [1.54, 1.807) is 13.0 Å². The third-order valence-corrected chi connectivity index (χ3v) is 4.58. The molecule has 0 atom stereocenters. The molecule has 0 aromatic heterocycles. The maximum absolute atomic E-state index is 13.5. The standard InChI is InChI=1S/C15H24FNO3S/c1-4-21(18,19)6-5-20-15-8-13(7-14(16)9-15)11-17-10-12(2)3/h7-9,12,17H,4-6,10-11H2,1-3H3. The lowest BCUT2D eigenvalue weighted by atomic mass is 10.2. The number of hydrogen-bond donors (Lipinski definition) is 1. The van der Waals surface area contributed by atoms with Crippen LogP contribution in [0.4, 0.5) is 4.39 Å². The number of hydrogen-bond acceptors (Lipinski definition) is 4. The van der Waals surface area contributed by atoms with Gasteiger partial charge in [-0.3, -0.25) is 0 Å². The average Bonchev–Trinajstić information content (AvgIpc) is 2.37. The van der Waals surface area contributed by atoms with Crippen LogP contribution in [0.2, 0.25) is 0 Å². The van der Waals surface area contributed by atoms with Gasteiger partial charge in [0, 0.05) is 18.4 Å². The SMILES string of the molecule is CCS(=O)(=O)CCOc1cc(F)cc(CNCC(C)C)c1. The second-order valence-electron chi connectivity index (χ2n) is 5.40. The highest BCUT2D eigenvalue weighted by atomic mass is 32.2. The van der Waals surface area contributed by atoms with Crippen LogP contribution in [0, 0.1) is 11.7 Å². The van der Waals surface area contributed by atoms with E-state index in [2.05, 4.69) is 19.2 Å². The molecule has 0 bridgehead atoms. The van der Waals surface area contributed by atoms with Crippen molar-refractivity contribution in [2.45, 2.75) is 27.3 Å². The summed E-state index contributed by atoms with van der Waals surface area (Å²) in [5, 5.41) is 3.23. The van der Waals surface area contributed by atoms with Crippen molar-refractivity contribution in [3.05, 3.63) is 29.6 Å². The second-order valence-corrected chi connectivity index (χ2v) is 7.88. The van der Waals surface area contributed by atoms with Crippen molar-refractivity contribution in [1.82, 2.24) is 5.32 Å². The fourth-order valence-electron chi connectivity index (χ4n) is 1.74. The minimum absolute atomic E-state index is 0.0402. The van der Waals surface area contributed by atoms with Crippen LogP contribution in [0.1, 0.15) is 26.3 Å². The Bertz CT molecular complexity index is 544. The summed E-state index contributed by atoms with van der Waals surface area (Å²) in [6, 6.07) is 4.45. The first kappa shape index (κ1) is 17.9. The number of rotatable bonds is 9. The smallest absolute Gasteiger partial charge is 0.153 e. The Hall–Kier alpha value is -1.14. The van der Waals surface area contributed by atoms with Crippen LogP contribution in [0.15, 0.2) is 18.2 Å². The van der Waals surface area contributed by atoms with Crippen LogP contribution in [-0.2, 0) is 16.4 Å². The Balaban J connectivity index is 2.56. The minimum Gasteiger partial charge on any atom is -0.492 e. The predicted molar refractivity (Wildman–Crippen MR) is 82.8 cm³/mol. The van der Waals surface area contributed by atoms with E-state index in [0.717, 1.165) is 12.1 Å². The zero-order valence-electron chi connectivity index (χ0n) is 12.9. The molecule has 4 nitrogen and oxygen atoms in total. The third-order valence-electron chi connectivity index (χ3n) is 2.92. The van der Waals surface area contributed by atoms with Gasteiger partial charge in [-0.05, 0) is 30.2 Å². The fourth-order valence-corrected chi connectivity index (χ4v) is 2.37. The summed E-state index contributed by atoms with van der Waals surface area (Å²) in [6.07, 6.45) is 0. The molecule has 21 heavy (non-hydrogen) atoms. The van der Waals surface area contributed by atoms with Gasteiger partial charge in [0.25, 0.3) is 0 Å². The van der Waals surface area contributed by atoms with Gasteiger partial charge >= 0.3 is 0 Å². The van der Waals surface area contributed by atoms with Crippen molar-refractivity contribution in [3.63, 3.8) is 0 Å². The predicted octanol–water partition coefficient (Wildman–Crippen LogP) is 2.38. The van der Waals surface area contributed by atoms with Gasteiger partial charge in [-0.2, -0.15) is 0 Å². The van der Waals surface area contributed by atoms with Crippen molar-refractivity contribution in [1.29, 1.82) is 0 Å². The molecule has 0 aliphatic carbocycles. The van der Waals surface area contributed by atoms with Gasteiger partial charge in [0.15, 0.2) is 9.84 Å². The molecular weight excluding hydrogens is 293 g/mol. The van der Waals surface area contributed by atoms with Gasteiger partial charge in [0.2, 0.25) is 0 Å². The van der Waals surface area contributed by atoms with Crippen LogP contribution in [0.5, 0.6) is 5.75 Å². The lowest BCUT2D eigenvalue weighted by Crippen LogP contribution is -2.19. The molecule has 0 saturated carbocycles. The highest BCUT2D eigenvalue weighted by Crippen LogP contribution is 2.16. The molecule has 0 heterocycles. The van der Waals surface area contributed by atoms with E-state index in [0.29, 0.717) is 18.2 Å². The van der Waals surface area contributed by atoms with E-state index in [-0.39, 0.29) is 23.9 Å². The first-order chi connectivity index (χ1) is 9.82. The van der Waals surface area contributed by atoms with Crippen LogP contribution in [0.3, 0.4) is 0 Å². The van der Waals surface area contributed by atoms with Gasteiger partial charge in [0.05, 0.1) is 5.75 Å². The zero-order valence-corrected chi connectivity index (χ0v) is 13.7. The molecule has 0 aliphatic heterocycles. The summed E-state index contributed by atoms with van der Waals surface area (Å²) in [7, 11) is -3.06. The topological polar surface area (TPSA) is 55.4 Å². The van der Waals surface area contributed by atoms with Crippen molar-refractivity contribution in [2.75, 3.05) is 24.7 Å². The molecule has 1 N–H and O–H groups in total. The molecule has 1 aromatic rings. The summed E-state index contributed by atoms with van der Waals surface area (Å²) >= 11 is 0. The van der Waals surface area contributed by atoms with E-state index < -0.39 is 9.84 Å². The fraction of sp³-hybridized carbons (Fsp3) is 0.600. The second kappa shape index (κ2) is 8.34. The first-order valence-electron chi connectivity index (χ1n) is 7.16. The molecule has 0 radical (unpaired) electrons. The minimum atomic E-state index is -3.06. The molecule has 1 aromatic carbocycles. The number of benzene rings is 1. The Kier molecular flexibility index (Phi) is 7.11. The van der Waals surface area contributed by atoms with Gasteiger partial charge in [-0.1, -0.05) is 20.8 Å². The third kappa shape index (κ3) is 7.43. The summed E-state index contributed by atoms with van der Waals surface area (Å²) in [6.45, 7) is 7.23. The normalized spacial score (nSPS) is 11.9. The lowest BCUT2D eigenvalue weighted by molar-refractivity contribution is 0.338. The quantitative estimate of drug-likeness (QED) is 0.760.